The Kier molecular flexibility index (Phi) is 6.61. The first-order valence-corrected chi connectivity index (χ1v) is 9.63. The lowest BCUT2D eigenvalue weighted by atomic mass is 9.98. The van der Waals surface area contributed by atoms with Gasteiger partial charge in [0.15, 0.2) is 5.78 Å². The maximum atomic E-state index is 11.1. The van der Waals surface area contributed by atoms with Crippen molar-refractivity contribution in [1.82, 2.24) is 0 Å². The second-order valence-electron chi connectivity index (χ2n) is 6.66. The number of carbonyl (C=O) groups excluding carboxylic acids is 1. The van der Waals surface area contributed by atoms with E-state index in [-0.39, 0.29) is 18.1 Å². The molecule has 0 heterocycles. The standard InChI is InChI=1S/C23H20Cl2O3/c1-15(26)14-28-19-12-21(24)20(22(25)13-19)11-17-7-8-23(27)18(10-17)9-16-5-3-2-4-6-16/h2-8,10,12-13,27H,9,11,14H2,1H3. The zero-order valence-corrected chi connectivity index (χ0v) is 16.9. The minimum Gasteiger partial charge on any atom is -0.508 e. The first-order chi connectivity index (χ1) is 13.4. The maximum absolute atomic E-state index is 11.1. The first-order valence-electron chi connectivity index (χ1n) is 8.87. The van der Waals surface area contributed by atoms with E-state index in [1.54, 1.807) is 18.2 Å². The highest BCUT2D eigenvalue weighted by Gasteiger charge is 2.12. The van der Waals surface area contributed by atoms with E-state index in [1.807, 2.05) is 42.5 Å². The van der Waals surface area contributed by atoms with Crippen LogP contribution in [-0.2, 0) is 17.6 Å². The molecule has 0 radical (unpaired) electrons. The van der Waals surface area contributed by atoms with Crippen LogP contribution in [0.4, 0.5) is 0 Å². The smallest absolute Gasteiger partial charge is 0.167 e. The molecule has 3 rings (SSSR count). The molecular formula is C23H20Cl2O3. The predicted molar refractivity (Wildman–Crippen MR) is 113 cm³/mol. The van der Waals surface area contributed by atoms with Crippen LogP contribution in [0.25, 0.3) is 0 Å². The van der Waals surface area contributed by atoms with Crippen molar-refractivity contribution in [2.24, 2.45) is 0 Å². The summed E-state index contributed by atoms with van der Waals surface area (Å²) in [6.07, 6.45) is 1.16. The number of carbonyl (C=O) groups is 1. The fraction of sp³-hybridized carbons (Fsp3) is 0.174. The molecule has 3 nitrogen and oxygen atoms in total. The van der Waals surface area contributed by atoms with E-state index in [0.717, 1.165) is 22.3 Å². The Morgan fingerprint density at radius 3 is 2.25 bits per heavy atom. The zero-order chi connectivity index (χ0) is 20.1. The van der Waals surface area contributed by atoms with Gasteiger partial charge in [-0.1, -0.05) is 65.7 Å². The number of hydrogen-bond acceptors (Lipinski definition) is 3. The summed E-state index contributed by atoms with van der Waals surface area (Å²) in [5, 5.41) is 11.2. The number of benzene rings is 3. The van der Waals surface area contributed by atoms with Crippen LogP contribution < -0.4 is 4.74 Å². The Balaban J connectivity index is 1.81. The van der Waals surface area contributed by atoms with Crippen molar-refractivity contribution in [3.63, 3.8) is 0 Å². The Hall–Kier alpha value is -2.49. The summed E-state index contributed by atoms with van der Waals surface area (Å²) in [5.41, 5.74) is 3.73. The number of ketones is 1. The van der Waals surface area contributed by atoms with E-state index < -0.39 is 0 Å². The van der Waals surface area contributed by atoms with Crippen LogP contribution in [-0.4, -0.2) is 17.5 Å². The molecule has 3 aromatic rings. The Morgan fingerprint density at radius 1 is 0.929 bits per heavy atom. The number of rotatable bonds is 7. The number of halogens is 2. The van der Waals surface area contributed by atoms with Gasteiger partial charge in [0.1, 0.15) is 18.1 Å². The topological polar surface area (TPSA) is 46.5 Å². The molecular weight excluding hydrogens is 395 g/mol. The summed E-state index contributed by atoms with van der Waals surface area (Å²) in [7, 11) is 0. The van der Waals surface area contributed by atoms with Gasteiger partial charge < -0.3 is 9.84 Å². The van der Waals surface area contributed by atoms with Gasteiger partial charge in [-0.15, -0.1) is 0 Å². The molecule has 0 aliphatic heterocycles. The van der Waals surface area contributed by atoms with Gasteiger partial charge in [0.05, 0.1) is 0 Å². The molecule has 0 aliphatic carbocycles. The molecule has 28 heavy (non-hydrogen) atoms. The van der Waals surface area contributed by atoms with E-state index in [4.69, 9.17) is 27.9 Å². The molecule has 0 aliphatic rings. The van der Waals surface area contributed by atoms with Crippen LogP contribution >= 0.6 is 23.2 Å². The molecule has 5 heteroatoms. The second kappa shape index (κ2) is 9.13. The van der Waals surface area contributed by atoms with Crippen molar-refractivity contribution in [3.8, 4) is 11.5 Å². The number of phenols is 1. The Bertz CT molecular complexity index is 961. The van der Waals surface area contributed by atoms with E-state index in [0.29, 0.717) is 28.6 Å². The summed E-state index contributed by atoms with van der Waals surface area (Å²) < 4.78 is 5.38. The van der Waals surface area contributed by atoms with Crippen LogP contribution in [0.1, 0.15) is 29.2 Å². The van der Waals surface area contributed by atoms with Crippen LogP contribution in [0, 0.1) is 0 Å². The molecule has 0 saturated heterocycles. The van der Waals surface area contributed by atoms with Crippen molar-refractivity contribution in [1.29, 1.82) is 0 Å². The third kappa shape index (κ3) is 5.28. The number of Topliss-reactive ketones (excluding diaryl/α,β-unsaturated/α-hetero) is 1. The van der Waals surface area contributed by atoms with E-state index in [1.165, 1.54) is 6.92 Å². The van der Waals surface area contributed by atoms with Crippen molar-refractivity contribution in [3.05, 3.63) is 93.0 Å². The zero-order valence-electron chi connectivity index (χ0n) is 15.4. The van der Waals surface area contributed by atoms with Gasteiger partial charge in [0.2, 0.25) is 0 Å². The Morgan fingerprint density at radius 2 is 1.61 bits per heavy atom. The second-order valence-corrected chi connectivity index (χ2v) is 7.47. The van der Waals surface area contributed by atoms with Gasteiger partial charge in [0.25, 0.3) is 0 Å². The predicted octanol–water partition coefficient (Wildman–Crippen LogP) is 5.85. The van der Waals surface area contributed by atoms with Crippen molar-refractivity contribution >= 4 is 29.0 Å². The third-order valence-corrected chi connectivity index (χ3v) is 4.99. The normalized spacial score (nSPS) is 10.7. The van der Waals surface area contributed by atoms with Gasteiger partial charge in [-0.05, 0) is 47.4 Å². The maximum Gasteiger partial charge on any atom is 0.167 e. The third-order valence-electron chi connectivity index (χ3n) is 4.32. The fourth-order valence-electron chi connectivity index (χ4n) is 2.93. The molecule has 0 bridgehead atoms. The van der Waals surface area contributed by atoms with Crippen molar-refractivity contribution in [2.45, 2.75) is 19.8 Å². The SMILES string of the molecule is CC(=O)COc1cc(Cl)c(Cc2ccc(O)c(Cc3ccccc3)c2)c(Cl)c1. The lowest BCUT2D eigenvalue weighted by Gasteiger charge is -2.12. The number of aromatic hydroxyl groups is 1. The monoisotopic (exact) mass is 414 g/mol. The molecule has 0 atom stereocenters. The summed E-state index contributed by atoms with van der Waals surface area (Å²) >= 11 is 12.8. The van der Waals surface area contributed by atoms with Crippen LogP contribution in [0.2, 0.25) is 10.0 Å². The largest absolute Gasteiger partial charge is 0.508 e. The molecule has 0 aromatic heterocycles. The first kappa shape index (κ1) is 20.2. The lowest BCUT2D eigenvalue weighted by molar-refractivity contribution is -0.118. The summed E-state index contributed by atoms with van der Waals surface area (Å²) in [4.78, 5) is 11.1. The Labute approximate surface area is 174 Å². The van der Waals surface area contributed by atoms with E-state index >= 15 is 0 Å². The number of ether oxygens (including phenoxy) is 1. The van der Waals surface area contributed by atoms with Gasteiger partial charge in [0, 0.05) is 22.9 Å². The molecule has 144 valence electrons. The van der Waals surface area contributed by atoms with Gasteiger partial charge in [-0.3, -0.25) is 4.79 Å². The van der Waals surface area contributed by atoms with Gasteiger partial charge in [-0.2, -0.15) is 0 Å². The summed E-state index contributed by atoms with van der Waals surface area (Å²) in [5.74, 6) is 0.647. The highest BCUT2D eigenvalue weighted by Crippen LogP contribution is 2.33. The van der Waals surface area contributed by atoms with Crippen LogP contribution in [0.15, 0.2) is 60.7 Å². The molecule has 0 spiro atoms. The van der Waals surface area contributed by atoms with E-state index in [2.05, 4.69) is 0 Å². The molecule has 0 fully saturated rings. The highest BCUT2D eigenvalue weighted by atomic mass is 35.5. The van der Waals surface area contributed by atoms with Gasteiger partial charge >= 0.3 is 0 Å². The minimum atomic E-state index is -0.0774. The van der Waals surface area contributed by atoms with Crippen LogP contribution in [0.3, 0.4) is 0 Å². The van der Waals surface area contributed by atoms with Crippen molar-refractivity contribution < 1.29 is 14.6 Å². The van der Waals surface area contributed by atoms with Crippen molar-refractivity contribution in [2.75, 3.05) is 6.61 Å². The summed E-state index contributed by atoms with van der Waals surface area (Å²) in [6.45, 7) is 1.43. The number of phenolic OH excluding ortho intramolecular Hbond substituents is 1. The molecule has 0 unspecified atom stereocenters. The summed E-state index contributed by atoms with van der Waals surface area (Å²) in [6, 6.07) is 18.8. The minimum absolute atomic E-state index is 0.0210. The average molecular weight is 415 g/mol. The molecule has 0 amide bonds. The molecule has 1 N–H and O–H groups in total. The molecule has 3 aromatic carbocycles. The molecule has 0 saturated carbocycles. The van der Waals surface area contributed by atoms with Gasteiger partial charge in [-0.25, -0.2) is 0 Å². The number of hydrogen-bond donors (Lipinski definition) is 1. The van der Waals surface area contributed by atoms with E-state index in [9.17, 15) is 9.90 Å². The lowest BCUT2D eigenvalue weighted by Crippen LogP contribution is -2.06. The fourth-order valence-corrected chi connectivity index (χ4v) is 3.53. The highest BCUT2D eigenvalue weighted by molar-refractivity contribution is 6.36. The quantitative estimate of drug-likeness (QED) is 0.527. The average Bonchev–Trinajstić information content (AvgIpc) is 2.66. The van der Waals surface area contributed by atoms with Crippen LogP contribution in [0.5, 0.6) is 11.5 Å².